The number of carbonyl (C=O) groups is 1. The molecule has 1 aliphatic rings. The van der Waals surface area contributed by atoms with E-state index in [1.807, 2.05) is 48.5 Å². The normalized spacial score (nSPS) is 15.4. The van der Waals surface area contributed by atoms with E-state index in [0.717, 1.165) is 16.9 Å². The number of ether oxygens (including phenoxy) is 1. The molecule has 3 rings (SSSR count). The number of hydrogen-bond donors (Lipinski definition) is 2. The van der Waals surface area contributed by atoms with E-state index in [1.165, 1.54) is 0 Å². The molecule has 2 aromatic carbocycles. The summed E-state index contributed by atoms with van der Waals surface area (Å²) in [6, 6.07) is 15.0. The molecule has 0 aliphatic carbocycles. The Kier molecular flexibility index (Phi) is 4.60. The Hall–Kier alpha value is -2.37. The molecule has 1 heterocycles. The Morgan fingerprint density at radius 1 is 1.09 bits per heavy atom. The Labute approximate surface area is 144 Å². The molecule has 1 saturated heterocycles. The molecule has 0 saturated carbocycles. The van der Waals surface area contributed by atoms with Crippen molar-refractivity contribution in [3.8, 4) is 5.75 Å². The molecule has 2 aromatic rings. The molecule has 0 atom stereocenters. The van der Waals surface area contributed by atoms with Crippen LogP contribution in [0.5, 0.6) is 5.75 Å². The highest BCUT2D eigenvalue weighted by molar-refractivity contribution is 7.80. The van der Waals surface area contributed by atoms with Gasteiger partial charge in [-0.15, -0.1) is 0 Å². The number of nitrogens with one attached hydrogen (secondary N) is 2. The van der Waals surface area contributed by atoms with E-state index in [9.17, 15) is 4.79 Å². The second-order valence-corrected chi connectivity index (χ2v) is 5.73. The summed E-state index contributed by atoms with van der Waals surface area (Å²) in [4.78, 5) is 11.6. The first-order chi connectivity index (χ1) is 11.1. The van der Waals surface area contributed by atoms with Crippen molar-refractivity contribution in [2.45, 2.75) is 6.61 Å². The number of hydrogen-bond acceptors (Lipinski definition) is 3. The molecule has 2 N–H and O–H groups in total. The average molecular weight is 345 g/mol. The van der Waals surface area contributed by atoms with Gasteiger partial charge in [0, 0.05) is 10.6 Å². The molecule has 0 aromatic heterocycles. The third kappa shape index (κ3) is 3.88. The fraction of sp³-hybridized carbons (Fsp3) is 0.0588. The summed E-state index contributed by atoms with van der Waals surface area (Å²) >= 11 is 11.0. The van der Waals surface area contributed by atoms with E-state index in [1.54, 1.807) is 6.08 Å². The van der Waals surface area contributed by atoms with Crippen LogP contribution >= 0.6 is 23.8 Å². The molecule has 1 fully saturated rings. The Balaban J connectivity index is 1.66. The molecule has 0 bridgehead atoms. The SMILES string of the molecule is O=C1NC(=S)NC1=Cc1ccc(OCc2ccccc2Cl)cc1. The second-order valence-electron chi connectivity index (χ2n) is 4.92. The Morgan fingerprint density at radius 2 is 1.83 bits per heavy atom. The largest absolute Gasteiger partial charge is 0.489 e. The fourth-order valence-electron chi connectivity index (χ4n) is 2.09. The summed E-state index contributed by atoms with van der Waals surface area (Å²) in [5.41, 5.74) is 2.23. The molecular weight excluding hydrogens is 332 g/mol. The molecule has 0 unspecified atom stereocenters. The lowest BCUT2D eigenvalue weighted by atomic mass is 10.2. The molecule has 23 heavy (non-hydrogen) atoms. The standard InChI is InChI=1S/C17H13ClN2O2S/c18-14-4-2-1-3-12(14)10-22-13-7-5-11(6-8-13)9-15-16(21)20-17(23)19-15/h1-9H,10H2,(H2,19,20,21,23). The quantitative estimate of drug-likeness (QED) is 0.660. The van der Waals surface area contributed by atoms with Crippen molar-refractivity contribution in [3.63, 3.8) is 0 Å². The summed E-state index contributed by atoms with van der Waals surface area (Å²) in [6.07, 6.45) is 1.73. The van der Waals surface area contributed by atoms with E-state index in [0.29, 0.717) is 22.4 Å². The van der Waals surface area contributed by atoms with Gasteiger partial charge in [-0.1, -0.05) is 41.9 Å². The molecule has 0 spiro atoms. The lowest BCUT2D eigenvalue weighted by molar-refractivity contribution is -0.115. The highest BCUT2D eigenvalue weighted by atomic mass is 35.5. The van der Waals surface area contributed by atoms with Crippen LogP contribution in [0.1, 0.15) is 11.1 Å². The smallest absolute Gasteiger partial charge is 0.273 e. The van der Waals surface area contributed by atoms with Crippen molar-refractivity contribution < 1.29 is 9.53 Å². The van der Waals surface area contributed by atoms with E-state index in [4.69, 9.17) is 28.6 Å². The zero-order valence-corrected chi connectivity index (χ0v) is 13.6. The van der Waals surface area contributed by atoms with Crippen molar-refractivity contribution >= 4 is 40.9 Å². The molecule has 1 aliphatic heterocycles. The minimum atomic E-state index is -0.228. The van der Waals surface area contributed by atoms with Crippen molar-refractivity contribution in [2.24, 2.45) is 0 Å². The maximum atomic E-state index is 11.6. The van der Waals surface area contributed by atoms with Crippen molar-refractivity contribution in [2.75, 3.05) is 0 Å². The highest BCUT2D eigenvalue weighted by Crippen LogP contribution is 2.19. The van der Waals surface area contributed by atoms with Crippen LogP contribution in [0, 0.1) is 0 Å². The average Bonchev–Trinajstić information content (AvgIpc) is 2.85. The van der Waals surface area contributed by atoms with Gasteiger partial charge in [-0.05, 0) is 42.1 Å². The van der Waals surface area contributed by atoms with Crippen LogP contribution in [-0.2, 0) is 11.4 Å². The topological polar surface area (TPSA) is 50.4 Å². The van der Waals surface area contributed by atoms with Crippen LogP contribution < -0.4 is 15.4 Å². The molecule has 6 heteroatoms. The Bertz CT molecular complexity index is 787. The zero-order valence-electron chi connectivity index (χ0n) is 12.0. The Morgan fingerprint density at radius 3 is 2.48 bits per heavy atom. The van der Waals surface area contributed by atoms with Crippen LogP contribution in [-0.4, -0.2) is 11.0 Å². The second kappa shape index (κ2) is 6.81. The summed E-state index contributed by atoms with van der Waals surface area (Å²) < 4.78 is 5.72. The van der Waals surface area contributed by atoms with E-state index in [2.05, 4.69) is 10.6 Å². The first-order valence-electron chi connectivity index (χ1n) is 6.92. The van der Waals surface area contributed by atoms with Crippen LogP contribution in [0.3, 0.4) is 0 Å². The number of carbonyl (C=O) groups excluding carboxylic acids is 1. The van der Waals surface area contributed by atoms with Crippen molar-refractivity contribution in [1.29, 1.82) is 0 Å². The first-order valence-corrected chi connectivity index (χ1v) is 7.71. The highest BCUT2D eigenvalue weighted by Gasteiger charge is 2.19. The maximum absolute atomic E-state index is 11.6. The number of rotatable bonds is 4. The van der Waals surface area contributed by atoms with Gasteiger partial charge in [-0.3, -0.25) is 10.1 Å². The van der Waals surface area contributed by atoms with Crippen LogP contribution in [0.4, 0.5) is 0 Å². The number of benzene rings is 2. The monoisotopic (exact) mass is 344 g/mol. The molecule has 116 valence electrons. The first kappa shape index (κ1) is 15.5. The van der Waals surface area contributed by atoms with Crippen molar-refractivity contribution in [3.05, 3.63) is 70.4 Å². The lowest BCUT2D eigenvalue weighted by Crippen LogP contribution is -2.21. The predicted molar refractivity (Wildman–Crippen MR) is 94.1 cm³/mol. The van der Waals surface area contributed by atoms with E-state index >= 15 is 0 Å². The van der Waals surface area contributed by atoms with Gasteiger partial charge in [0.1, 0.15) is 18.1 Å². The van der Waals surface area contributed by atoms with E-state index in [-0.39, 0.29) is 5.91 Å². The molecule has 1 amide bonds. The zero-order chi connectivity index (χ0) is 16.2. The minimum absolute atomic E-state index is 0.228. The van der Waals surface area contributed by atoms with Crippen LogP contribution in [0.25, 0.3) is 6.08 Å². The number of amides is 1. The minimum Gasteiger partial charge on any atom is -0.489 e. The molecule has 4 nitrogen and oxygen atoms in total. The van der Waals surface area contributed by atoms with Gasteiger partial charge in [0.05, 0.1) is 0 Å². The summed E-state index contributed by atoms with van der Waals surface area (Å²) in [5.74, 6) is 0.500. The van der Waals surface area contributed by atoms with Crippen LogP contribution in [0.2, 0.25) is 5.02 Å². The van der Waals surface area contributed by atoms with Gasteiger partial charge in [-0.2, -0.15) is 0 Å². The third-order valence-corrected chi connectivity index (χ3v) is 3.84. The van der Waals surface area contributed by atoms with Gasteiger partial charge in [-0.25, -0.2) is 0 Å². The van der Waals surface area contributed by atoms with E-state index < -0.39 is 0 Å². The van der Waals surface area contributed by atoms with Gasteiger partial charge in [0.2, 0.25) is 0 Å². The summed E-state index contributed by atoms with van der Waals surface area (Å²) in [7, 11) is 0. The predicted octanol–water partition coefficient (Wildman–Crippen LogP) is 3.26. The molecule has 0 radical (unpaired) electrons. The van der Waals surface area contributed by atoms with Gasteiger partial charge >= 0.3 is 0 Å². The van der Waals surface area contributed by atoms with Crippen LogP contribution in [0.15, 0.2) is 54.2 Å². The third-order valence-electron chi connectivity index (χ3n) is 3.26. The van der Waals surface area contributed by atoms with Gasteiger partial charge < -0.3 is 10.1 Å². The molecular formula is C17H13ClN2O2S. The summed E-state index contributed by atoms with van der Waals surface area (Å²) in [5, 5.41) is 6.33. The summed E-state index contributed by atoms with van der Waals surface area (Å²) in [6.45, 7) is 0.401. The van der Waals surface area contributed by atoms with Crippen molar-refractivity contribution in [1.82, 2.24) is 10.6 Å². The number of thiocarbonyl (C=S) groups is 1. The van der Waals surface area contributed by atoms with Gasteiger partial charge in [0.15, 0.2) is 5.11 Å². The number of halogens is 1. The lowest BCUT2D eigenvalue weighted by Gasteiger charge is -2.08. The van der Waals surface area contributed by atoms with Gasteiger partial charge in [0.25, 0.3) is 5.91 Å². The fourth-order valence-corrected chi connectivity index (χ4v) is 2.48. The maximum Gasteiger partial charge on any atom is 0.273 e.